The van der Waals surface area contributed by atoms with Gasteiger partial charge in [-0.15, -0.1) is 6.42 Å². The number of carbonyl (C=O) groups is 6. The molecule has 0 unspecified atom stereocenters. The van der Waals surface area contributed by atoms with Gasteiger partial charge in [0, 0.05) is 39.0 Å². The molecule has 0 saturated carbocycles. The summed E-state index contributed by atoms with van der Waals surface area (Å²) >= 11 is 0. The molecule has 0 radical (unpaired) electrons. The molecule has 0 aromatic carbocycles. The molecule has 78 heavy (non-hydrogen) atoms. The Labute approximate surface area is 450 Å². The number of carboxylic acids is 2. The number of unbranched alkanes of at least 4 members (excludes halogenated alkanes) is 1. The third-order valence-corrected chi connectivity index (χ3v) is 11.3. The number of nitrogens with two attached hydrogens (primary N) is 4. The molecular formula is C47H78N10O21. The Balaban J connectivity index is 1.97. The highest BCUT2D eigenvalue weighted by molar-refractivity contribution is 5.86. The van der Waals surface area contributed by atoms with Gasteiger partial charge in [0.25, 0.3) is 0 Å². The van der Waals surface area contributed by atoms with Crippen molar-refractivity contribution >= 4 is 47.5 Å². The van der Waals surface area contributed by atoms with E-state index in [1.54, 1.807) is 11.8 Å². The summed E-state index contributed by atoms with van der Waals surface area (Å²) in [5.41, 5.74) is 22.1. The van der Waals surface area contributed by atoms with Gasteiger partial charge in [-0.2, -0.15) is 0 Å². The molecule has 0 spiro atoms. The van der Waals surface area contributed by atoms with Gasteiger partial charge in [0.2, 0.25) is 35.1 Å². The van der Waals surface area contributed by atoms with Gasteiger partial charge >= 0.3 is 11.9 Å². The number of hydrogen-bond donors (Lipinski definition) is 13. The van der Waals surface area contributed by atoms with Gasteiger partial charge in [0.1, 0.15) is 50.3 Å². The second-order valence-corrected chi connectivity index (χ2v) is 17.3. The predicted octanol–water partition coefficient (Wildman–Crippen LogP) is -6.43. The summed E-state index contributed by atoms with van der Waals surface area (Å²) in [4.78, 5) is 84.5. The van der Waals surface area contributed by atoms with Crippen molar-refractivity contribution < 1.29 is 102 Å². The molecule has 0 bridgehead atoms. The van der Waals surface area contributed by atoms with Crippen LogP contribution < -0.4 is 38.9 Å². The van der Waals surface area contributed by atoms with Gasteiger partial charge in [-0.05, 0) is 25.0 Å². The number of terminal acetylenes is 1. The van der Waals surface area contributed by atoms with Crippen LogP contribution in [0.5, 0.6) is 0 Å². The number of amides is 4. The number of nitrogens with zero attached hydrogens (tertiary/aromatic N) is 3. The Hall–Kier alpha value is -6.44. The maximum absolute atomic E-state index is 13.4. The molecular weight excluding hydrogens is 1040 g/mol. The number of aliphatic hydroxyl groups is 4. The molecule has 31 heteroatoms. The van der Waals surface area contributed by atoms with Gasteiger partial charge in [0.15, 0.2) is 18.0 Å². The first-order valence-corrected chi connectivity index (χ1v) is 24.9. The van der Waals surface area contributed by atoms with Gasteiger partial charge < -0.3 is 117 Å². The lowest BCUT2D eigenvalue weighted by molar-refractivity contribution is -0.160. The summed E-state index contributed by atoms with van der Waals surface area (Å²) in [6.07, 6.45) is -0.835. The normalized spacial score (nSPS) is 20.3. The van der Waals surface area contributed by atoms with Crippen LogP contribution in [0.3, 0.4) is 0 Å². The van der Waals surface area contributed by atoms with Crippen LogP contribution in [0, 0.1) is 18.3 Å². The Kier molecular flexibility index (Phi) is 33.1. The summed E-state index contributed by atoms with van der Waals surface area (Å²) in [7, 11) is 0. The Morgan fingerprint density at radius 2 is 1.18 bits per heavy atom. The van der Waals surface area contributed by atoms with Crippen LogP contribution in [0.1, 0.15) is 33.1 Å². The van der Waals surface area contributed by atoms with Crippen LogP contribution in [-0.4, -0.2) is 256 Å². The van der Waals surface area contributed by atoms with E-state index in [0.29, 0.717) is 39.3 Å². The van der Waals surface area contributed by atoms with Crippen molar-refractivity contribution in [2.75, 3.05) is 119 Å². The molecule has 4 amide bonds. The van der Waals surface area contributed by atoms with Crippen LogP contribution in [0.15, 0.2) is 33.7 Å². The fourth-order valence-corrected chi connectivity index (χ4v) is 7.57. The number of aliphatic carboxylic acids is 2. The van der Waals surface area contributed by atoms with E-state index < -0.39 is 134 Å². The number of carbonyl (C=O) groups excluding carboxylic acids is 4. The zero-order chi connectivity index (χ0) is 58.0. The average molecular weight is 1120 g/mol. The standard InChI is InChI=1S/C47H78N10O21/c1-4-12-70-16-18-73-20-21-74-19-17-71-13-7-38(65)57(10-6-5-8-52-36(63)26-75-41(32(61)24-58)40-28(2)30(55-46(48)49)22-34(77-40)44(66)67)11-15-72-14-9-53-37(64)27-76-42(33(62)25-59)43-39(54-29(3)60)31(56-47(50)51)23-35(78-43)45(68)69/h1,22-23,28,30-33,39-43,58-59,61-62H,5-21,24-27H2,2-3H3,(H,52,63)(H,53,64)(H,54,60)(H,66,67)(H,68,69)(H4,48,49,55)(H4,50,51,56)/t28-,30+,31+,32-,33-,39-,40-,41-,42-,43-/m1/s1. The molecule has 442 valence electrons. The van der Waals surface area contributed by atoms with Gasteiger partial charge in [-0.25, -0.2) is 19.6 Å². The van der Waals surface area contributed by atoms with Gasteiger partial charge in [0.05, 0.1) is 97.2 Å². The molecule has 2 heterocycles. The molecule has 10 atom stereocenters. The van der Waals surface area contributed by atoms with Crippen molar-refractivity contribution in [2.24, 2.45) is 38.8 Å². The molecule has 31 nitrogen and oxygen atoms in total. The molecule has 0 fully saturated rings. The van der Waals surface area contributed by atoms with E-state index in [4.69, 9.17) is 72.0 Å². The second kappa shape index (κ2) is 38.2. The van der Waals surface area contributed by atoms with Crippen LogP contribution in [0.2, 0.25) is 0 Å². The fourth-order valence-electron chi connectivity index (χ4n) is 7.57. The van der Waals surface area contributed by atoms with Crippen LogP contribution in [0.25, 0.3) is 0 Å². The molecule has 2 aliphatic rings. The summed E-state index contributed by atoms with van der Waals surface area (Å²) in [6.45, 7) is 2.30. The average Bonchev–Trinajstić information content (AvgIpc) is 3.44. The van der Waals surface area contributed by atoms with Crippen LogP contribution in [-0.2, 0) is 71.4 Å². The van der Waals surface area contributed by atoms with E-state index in [9.17, 15) is 59.4 Å². The number of nitrogens with one attached hydrogen (secondary N) is 3. The molecule has 0 aliphatic carbocycles. The highest BCUT2D eigenvalue weighted by Crippen LogP contribution is 2.31. The zero-order valence-corrected chi connectivity index (χ0v) is 43.8. The van der Waals surface area contributed by atoms with Crippen LogP contribution >= 0.6 is 0 Å². The highest BCUT2D eigenvalue weighted by Gasteiger charge is 2.46. The first-order valence-electron chi connectivity index (χ1n) is 24.9. The minimum Gasteiger partial charge on any atom is -0.480 e. The fraction of sp³-hybridized carbons (Fsp3) is 0.702. The van der Waals surface area contributed by atoms with E-state index in [2.05, 4.69) is 31.9 Å². The van der Waals surface area contributed by atoms with E-state index >= 15 is 0 Å². The van der Waals surface area contributed by atoms with Gasteiger partial charge in [-0.1, -0.05) is 12.8 Å². The number of aliphatic hydroxyl groups excluding tert-OH is 4. The van der Waals surface area contributed by atoms with Crippen molar-refractivity contribution in [3.8, 4) is 12.3 Å². The lowest BCUT2D eigenvalue weighted by Crippen LogP contribution is -2.60. The SMILES string of the molecule is C#CCOCCOCCOCCOCCC(=O)N(CCCCNC(=O)CO[C@@H]([C@@H]1OC(C(=O)O)=C[C@H](N=C(N)N)[C@H]1C)[C@H](O)CO)CCOCCNC(=O)CO[C@@H]([C@@H]1OC(C(=O)O)=C[C@H](N=C(N)N)[C@H]1NC(C)=O)[C@H](O)CO. The predicted molar refractivity (Wildman–Crippen MR) is 272 cm³/mol. The van der Waals surface area contributed by atoms with Crippen molar-refractivity contribution in [2.45, 2.75) is 87.9 Å². The lowest BCUT2D eigenvalue weighted by atomic mass is 9.87. The number of guanidine groups is 2. The third kappa shape index (κ3) is 26.3. The quantitative estimate of drug-likeness (QED) is 0.0117. The first-order chi connectivity index (χ1) is 37.2. The molecule has 17 N–H and O–H groups in total. The van der Waals surface area contributed by atoms with Crippen LogP contribution in [0.4, 0.5) is 0 Å². The van der Waals surface area contributed by atoms with Crippen molar-refractivity contribution in [3.05, 3.63) is 23.7 Å². The van der Waals surface area contributed by atoms with Crippen molar-refractivity contribution in [3.63, 3.8) is 0 Å². The second-order valence-electron chi connectivity index (χ2n) is 17.3. The highest BCUT2D eigenvalue weighted by atomic mass is 16.6. The number of hydrogen-bond acceptors (Lipinski definition) is 21. The molecule has 0 aromatic heterocycles. The van der Waals surface area contributed by atoms with Gasteiger partial charge in [-0.3, -0.25) is 19.2 Å². The zero-order valence-electron chi connectivity index (χ0n) is 43.8. The number of aliphatic imine (C=N–C) groups is 2. The minimum atomic E-state index is -1.74. The smallest absolute Gasteiger partial charge is 0.370 e. The maximum atomic E-state index is 13.4. The number of rotatable bonds is 41. The largest absolute Gasteiger partial charge is 0.480 e. The Bertz CT molecular complexity index is 2030. The monoisotopic (exact) mass is 1120 g/mol. The third-order valence-electron chi connectivity index (χ3n) is 11.3. The summed E-state index contributed by atoms with van der Waals surface area (Å²) in [5.74, 6) is -5.44. The molecule has 2 aliphatic heterocycles. The molecule has 2 rings (SSSR count). The minimum absolute atomic E-state index is 0.0117. The lowest BCUT2D eigenvalue weighted by Gasteiger charge is -2.40. The summed E-state index contributed by atoms with van der Waals surface area (Å²) in [6, 6.07) is -3.32. The summed E-state index contributed by atoms with van der Waals surface area (Å²) in [5, 5.41) is 67.9. The van der Waals surface area contributed by atoms with E-state index in [1.165, 1.54) is 6.08 Å². The van der Waals surface area contributed by atoms with E-state index in [1.807, 2.05) is 0 Å². The van der Waals surface area contributed by atoms with E-state index in [-0.39, 0.29) is 84.1 Å². The first kappa shape index (κ1) is 67.7. The Morgan fingerprint density at radius 1 is 0.692 bits per heavy atom. The van der Waals surface area contributed by atoms with Crippen molar-refractivity contribution in [1.29, 1.82) is 0 Å². The topological polar surface area (TPSA) is 475 Å². The molecule has 0 aromatic rings. The van der Waals surface area contributed by atoms with E-state index in [0.717, 1.165) is 13.0 Å². The van der Waals surface area contributed by atoms with Crippen molar-refractivity contribution in [1.82, 2.24) is 20.9 Å². The summed E-state index contributed by atoms with van der Waals surface area (Å²) < 4.78 is 49.7. The maximum Gasteiger partial charge on any atom is 0.370 e. The molecule has 0 saturated heterocycles. The Morgan fingerprint density at radius 3 is 1.71 bits per heavy atom. The number of ether oxygens (including phenoxy) is 9. The number of carboxylic acid groups (broad SMARTS) is 2.